The third-order valence-electron chi connectivity index (χ3n) is 1.69. The quantitative estimate of drug-likeness (QED) is 0.485. The van der Waals surface area contributed by atoms with Crippen LogP contribution in [0.25, 0.3) is 0 Å². The molecule has 0 saturated carbocycles. The van der Waals surface area contributed by atoms with Crippen LogP contribution in [-0.2, 0) is 9.78 Å². The van der Waals surface area contributed by atoms with E-state index in [2.05, 4.69) is 0 Å². The van der Waals surface area contributed by atoms with E-state index >= 15 is 0 Å². The lowest BCUT2D eigenvalue weighted by Crippen LogP contribution is -1.97. The average Bonchev–Trinajstić information content (AvgIpc) is 2.01. The van der Waals surface area contributed by atoms with Crippen molar-refractivity contribution in [2.24, 2.45) is 0 Å². The van der Waals surface area contributed by atoms with E-state index in [1.54, 1.807) is 6.61 Å². The van der Waals surface area contributed by atoms with Gasteiger partial charge in [-0.3, -0.25) is 0 Å². The molecule has 0 aromatic rings. The zero-order valence-corrected chi connectivity index (χ0v) is 6.34. The molecule has 0 amide bonds. The van der Waals surface area contributed by atoms with Crippen LogP contribution in [0.1, 0.15) is 38.5 Å². The highest BCUT2D eigenvalue weighted by atomic mass is 17.2. The first-order valence-electron chi connectivity index (χ1n) is 4.10. The van der Waals surface area contributed by atoms with Crippen molar-refractivity contribution < 1.29 is 9.78 Å². The molecule has 1 aliphatic rings. The highest BCUT2D eigenvalue weighted by molar-refractivity contribution is 4.51. The van der Waals surface area contributed by atoms with Crippen molar-refractivity contribution in [3.8, 4) is 0 Å². The fourth-order valence-electron chi connectivity index (χ4n) is 1.06. The standard InChI is InChI=1S/C8H15O2/c1-2-4-6-8-10-9-7-5-3-1/h7H,1-6,8H2. The molecule has 0 aromatic heterocycles. The maximum Gasteiger partial charge on any atom is 0.122 e. The fourth-order valence-corrected chi connectivity index (χ4v) is 1.06. The van der Waals surface area contributed by atoms with E-state index in [-0.39, 0.29) is 0 Å². The Morgan fingerprint density at radius 1 is 0.900 bits per heavy atom. The van der Waals surface area contributed by atoms with Gasteiger partial charge in [0.1, 0.15) is 6.61 Å². The topological polar surface area (TPSA) is 18.5 Å². The largest absolute Gasteiger partial charge is 0.236 e. The summed E-state index contributed by atoms with van der Waals surface area (Å²) in [5.74, 6) is 0. The molecule has 1 heterocycles. The Bertz CT molecular complexity index is 40.4. The Labute approximate surface area is 62.4 Å². The average molecular weight is 143 g/mol. The van der Waals surface area contributed by atoms with Gasteiger partial charge in [-0.05, 0) is 12.8 Å². The van der Waals surface area contributed by atoms with E-state index in [4.69, 9.17) is 9.78 Å². The van der Waals surface area contributed by atoms with Gasteiger partial charge in [-0.2, -0.15) is 0 Å². The lowest BCUT2D eigenvalue weighted by atomic mass is 10.1. The van der Waals surface area contributed by atoms with Gasteiger partial charge in [-0.1, -0.05) is 25.7 Å². The highest BCUT2D eigenvalue weighted by Crippen LogP contribution is 2.09. The summed E-state index contributed by atoms with van der Waals surface area (Å²) >= 11 is 0. The summed E-state index contributed by atoms with van der Waals surface area (Å²) in [6.45, 7) is 2.50. The third kappa shape index (κ3) is 3.85. The summed E-state index contributed by atoms with van der Waals surface area (Å²) < 4.78 is 0. The van der Waals surface area contributed by atoms with E-state index in [9.17, 15) is 0 Å². The lowest BCUT2D eigenvalue weighted by Gasteiger charge is -2.06. The van der Waals surface area contributed by atoms with E-state index in [1.807, 2.05) is 0 Å². The summed E-state index contributed by atoms with van der Waals surface area (Å²) in [4.78, 5) is 9.64. The predicted molar refractivity (Wildman–Crippen MR) is 39.0 cm³/mol. The van der Waals surface area contributed by atoms with Gasteiger partial charge in [0.25, 0.3) is 0 Å². The van der Waals surface area contributed by atoms with Crippen LogP contribution in [0.5, 0.6) is 0 Å². The van der Waals surface area contributed by atoms with Gasteiger partial charge in [0.2, 0.25) is 0 Å². The van der Waals surface area contributed by atoms with Crippen molar-refractivity contribution >= 4 is 0 Å². The molecule has 1 aliphatic heterocycles. The van der Waals surface area contributed by atoms with Gasteiger partial charge in [0.15, 0.2) is 0 Å². The van der Waals surface area contributed by atoms with Gasteiger partial charge >= 0.3 is 0 Å². The Balaban J connectivity index is 2.00. The molecule has 1 fully saturated rings. The molecule has 1 radical (unpaired) electrons. The van der Waals surface area contributed by atoms with Crippen LogP contribution in [-0.4, -0.2) is 6.61 Å². The smallest absolute Gasteiger partial charge is 0.122 e. The maximum atomic E-state index is 4.85. The minimum Gasteiger partial charge on any atom is -0.236 e. The van der Waals surface area contributed by atoms with E-state index in [0.717, 1.165) is 19.4 Å². The van der Waals surface area contributed by atoms with Crippen LogP contribution in [0.2, 0.25) is 0 Å². The number of hydrogen-bond donors (Lipinski definition) is 0. The molecule has 0 spiro atoms. The minimum absolute atomic E-state index is 0.747. The molecule has 1 saturated heterocycles. The Morgan fingerprint density at radius 3 is 2.70 bits per heavy atom. The molecule has 2 heteroatoms. The molecular formula is C8H15O2. The zero-order chi connectivity index (χ0) is 7.07. The Hall–Kier alpha value is -0.0800. The van der Waals surface area contributed by atoms with Gasteiger partial charge in [-0.25, -0.2) is 9.78 Å². The highest BCUT2D eigenvalue weighted by Gasteiger charge is 1.96. The fraction of sp³-hybridized carbons (Fsp3) is 0.875. The Kier molecular flexibility index (Phi) is 4.56. The molecule has 10 heavy (non-hydrogen) atoms. The van der Waals surface area contributed by atoms with Gasteiger partial charge in [0.05, 0.1) is 6.61 Å². The second-order valence-corrected chi connectivity index (χ2v) is 2.64. The number of rotatable bonds is 0. The molecule has 0 aromatic carbocycles. The van der Waals surface area contributed by atoms with Crippen LogP contribution in [0.15, 0.2) is 0 Å². The SMILES string of the molecule is [CH]1CCCCCCCOO1. The van der Waals surface area contributed by atoms with Gasteiger partial charge in [-0.15, -0.1) is 0 Å². The van der Waals surface area contributed by atoms with E-state index in [1.165, 1.54) is 25.7 Å². The molecular weight excluding hydrogens is 128 g/mol. The first-order chi connectivity index (χ1) is 5.00. The number of hydrogen-bond acceptors (Lipinski definition) is 2. The second kappa shape index (κ2) is 5.69. The van der Waals surface area contributed by atoms with Crippen LogP contribution in [0, 0.1) is 6.61 Å². The van der Waals surface area contributed by atoms with Crippen molar-refractivity contribution in [2.75, 3.05) is 6.61 Å². The molecule has 0 unspecified atom stereocenters. The van der Waals surface area contributed by atoms with Gasteiger partial charge < -0.3 is 0 Å². The van der Waals surface area contributed by atoms with E-state index in [0.29, 0.717) is 0 Å². The summed E-state index contributed by atoms with van der Waals surface area (Å²) in [5.41, 5.74) is 0. The van der Waals surface area contributed by atoms with Crippen molar-refractivity contribution in [1.82, 2.24) is 0 Å². The van der Waals surface area contributed by atoms with Crippen molar-refractivity contribution in [3.05, 3.63) is 6.61 Å². The normalized spacial score (nSPS) is 24.0. The van der Waals surface area contributed by atoms with Crippen molar-refractivity contribution in [2.45, 2.75) is 38.5 Å². The first kappa shape index (κ1) is 8.02. The van der Waals surface area contributed by atoms with Crippen molar-refractivity contribution in [1.29, 1.82) is 0 Å². The molecule has 0 bridgehead atoms. The molecule has 1 rings (SSSR count). The first-order valence-corrected chi connectivity index (χ1v) is 4.10. The molecule has 0 atom stereocenters. The third-order valence-corrected chi connectivity index (χ3v) is 1.69. The summed E-state index contributed by atoms with van der Waals surface area (Å²) in [5, 5.41) is 0. The lowest BCUT2D eigenvalue weighted by molar-refractivity contribution is -0.270. The maximum absolute atomic E-state index is 4.85. The Morgan fingerprint density at radius 2 is 1.70 bits per heavy atom. The minimum atomic E-state index is 0.747. The molecule has 2 nitrogen and oxygen atoms in total. The second-order valence-electron chi connectivity index (χ2n) is 2.64. The van der Waals surface area contributed by atoms with E-state index < -0.39 is 0 Å². The monoisotopic (exact) mass is 143 g/mol. The predicted octanol–water partition coefficient (Wildman–Crippen LogP) is 2.45. The summed E-state index contributed by atoms with van der Waals surface area (Å²) in [7, 11) is 0. The molecule has 0 N–H and O–H groups in total. The summed E-state index contributed by atoms with van der Waals surface area (Å²) in [6.07, 6.45) is 7.36. The zero-order valence-electron chi connectivity index (χ0n) is 6.34. The van der Waals surface area contributed by atoms with Crippen LogP contribution in [0.3, 0.4) is 0 Å². The van der Waals surface area contributed by atoms with Crippen molar-refractivity contribution in [3.63, 3.8) is 0 Å². The van der Waals surface area contributed by atoms with Crippen LogP contribution in [0.4, 0.5) is 0 Å². The van der Waals surface area contributed by atoms with Crippen LogP contribution >= 0.6 is 0 Å². The van der Waals surface area contributed by atoms with Crippen LogP contribution < -0.4 is 0 Å². The van der Waals surface area contributed by atoms with Gasteiger partial charge in [0, 0.05) is 0 Å². The molecule has 59 valence electrons. The molecule has 0 aliphatic carbocycles. The summed E-state index contributed by atoms with van der Waals surface area (Å²) in [6, 6.07) is 0.